The Labute approximate surface area is 104 Å². The predicted molar refractivity (Wildman–Crippen MR) is 66.2 cm³/mol. The van der Waals surface area contributed by atoms with Crippen molar-refractivity contribution in [3.8, 4) is 0 Å². The van der Waals surface area contributed by atoms with Crippen molar-refractivity contribution in [3.63, 3.8) is 0 Å². The van der Waals surface area contributed by atoms with Gasteiger partial charge < -0.3 is 19.5 Å². The van der Waals surface area contributed by atoms with E-state index < -0.39 is 0 Å². The summed E-state index contributed by atoms with van der Waals surface area (Å²) in [7, 11) is 0. The van der Waals surface area contributed by atoms with Crippen molar-refractivity contribution in [2.75, 3.05) is 26.4 Å². The first kappa shape index (κ1) is 13.3. The summed E-state index contributed by atoms with van der Waals surface area (Å²) in [6.07, 6.45) is 4.17. The van der Waals surface area contributed by atoms with Gasteiger partial charge in [0.05, 0.1) is 24.9 Å². The molecule has 1 heterocycles. The van der Waals surface area contributed by atoms with Crippen molar-refractivity contribution >= 4 is 0 Å². The van der Waals surface area contributed by atoms with Crippen molar-refractivity contribution in [1.29, 1.82) is 0 Å². The van der Waals surface area contributed by atoms with Crippen LogP contribution in [-0.2, 0) is 14.2 Å². The van der Waals surface area contributed by atoms with Crippen LogP contribution in [0.2, 0.25) is 0 Å². The molecule has 1 saturated heterocycles. The van der Waals surface area contributed by atoms with Crippen LogP contribution in [0.3, 0.4) is 0 Å². The highest BCUT2D eigenvalue weighted by Gasteiger charge is 2.42. The van der Waals surface area contributed by atoms with Crippen molar-refractivity contribution in [2.24, 2.45) is 0 Å². The van der Waals surface area contributed by atoms with E-state index in [1.54, 1.807) is 0 Å². The van der Waals surface area contributed by atoms with Crippen molar-refractivity contribution in [1.82, 2.24) is 5.32 Å². The van der Waals surface area contributed by atoms with Gasteiger partial charge in [-0.1, -0.05) is 6.92 Å². The zero-order chi connectivity index (χ0) is 12.1. The molecular formula is C13H25NO3. The van der Waals surface area contributed by atoms with E-state index in [0.717, 1.165) is 39.2 Å². The Bertz CT molecular complexity index is 219. The fraction of sp³-hybridized carbons (Fsp3) is 1.00. The van der Waals surface area contributed by atoms with Crippen molar-refractivity contribution in [2.45, 2.75) is 57.5 Å². The Morgan fingerprint density at radius 2 is 2.18 bits per heavy atom. The second kappa shape index (κ2) is 6.69. The molecule has 4 nitrogen and oxygen atoms in total. The molecule has 0 aromatic heterocycles. The lowest BCUT2D eigenvalue weighted by Crippen LogP contribution is -2.60. The Hall–Kier alpha value is -0.160. The molecule has 1 aliphatic heterocycles. The molecule has 4 heteroatoms. The standard InChI is InChI=1S/C13H25NO3/c1-3-14-11-8-12(13(11)15-4-2)17-9-10-6-5-7-16-10/h10-14H,3-9H2,1-2H3. The van der Waals surface area contributed by atoms with E-state index in [9.17, 15) is 0 Å². The van der Waals surface area contributed by atoms with Crippen LogP contribution in [0.25, 0.3) is 0 Å². The van der Waals surface area contributed by atoms with Gasteiger partial charge in [-0.2, -0.15) is 0 Å². The SMILES string of the molecule is CCNC1CC(OCC2CCCO2)C1OCC. The minimum absolute atomic E-state index is 0.223. The molecule has 2 aliphatic rings. The molecule has 0 spiro atoms. The summed E-state index contributed by atoms with van der Waals surface area (Å²) in [6, 6.07) is 0.467. The van der Waals surface area contributed by atoms with Gasteiger partial charge >= 0.3 is 0 Å². The van der Waals surface area contributed by atoms with Crippen LogP contribution >= 0.6 is 0 Å². The average Bonchev–Trinajstić information content (AvgIpc) is 2.83. The summed E-state index contributed by atoms with van der Waals surface area (Å²) >= 11 is 0. The number of likely N-dealkylation sites (N-methyl/N-ethyl adjacent to an activating group) is 1. The Morgan fingerprint density at radius 1 is 1.29 bits per heavy atom. The Morgan fingerprint density at radius 3 is 2.82 bits per heavy atom. The summed E-state index contributed by atoms with van der Waals surface area (Å²) in [5, 5.41) is 3.44. The normalized spacial score (nSPS) is 37.1. The van der Waals surface area contributed by atoms with Crippen molar-refractivity contribution in [3.05, 3.63) is 0 Å². The molecule has 1 saturated carbocycles. The molecule has 17 heavy (non-hydrogen) atoms. The minimum atomic E-state index is 0.223. The number of rotatable bonds is 7. The third-order valence-corrected chi connectivity index (χ3v) is 3.59. The van der Waals surface area contributed by atoms with Crippen LogP contribution in [0.15, 0.2) is 0 Å². The summed E-state index contributed by atoms with van der Waals surface area (Å²) in [6.45, 7) is 7.54. The molecule has 1 aliphatic carbocycles. The van der Waals surface area contributed by atoms with Gasteiger partial charge in [-0.05, 0) is 32.7 Å². The van der Waals surface area contributed by atoms with Crippen LogP contribution in [0.5, 0.6) is 0 Å². The number of nitrogens with one attached hydrogen (secondary N) is 1. The summed E-state index contributed by atoms with van der Waals surface area (Å²) in [4.78, 5) is 0. The molecule has 0 bridgehead atoms. The van der Waals surface area contributed by atoms with E-state index in [0.29, 0.717) is 12.1 Å². The molecule has 2 rings (SSSR count). The summed E-state index contributed by atoms with van der Waals surface area (Å²) in [5.41, 5.74) is 0. The van der Waals surface area contributed by atoms with Crippen LogP contribution in [0.4, 0.5) is 0 Å². The lowest BCUT2D eigenvalue weighted by atomic mass is 9.85. The highest BCUT2D eigenvalue weighted by molar-refractivity contribution is 4.97. The number of hydrogen-bond donors (Lipinski definition) is 1. The second-order valence-electron chi connectivity index (χ2n) is 4.83. The number of ether oxygens (including phenoxy) is 3. The maximum atomic E-state index is 5.91. The Kier molecular flexibility index (Phi) is 5.22. The van der Waals surface area contributed by atoms with Gasteiger partial charge in [-0.3, -0.25) is 0 Å². The van der Waals surface area contributed by atoms with E-state index in [4.69, 9.17) is 14.2 Å². The molecule has 4 unspecified atom stereocenters. The average molecular weight is 243 g/mol. The van der Waals surface area contributed by atoms with Gasteiger partial charge in [0.1, 0.15) is 0 Å². The van der Waals surface area contributed by atoms with Gasteiger partial charge in [-0.25, -0.2) is 0 Å². The first-order valence-corrected chi connectivity index (χ1v) is 6.93. The molecule has 4 atom stereocenters. The smallest absolute Gasteiger partial charge is 0.0990 e. The van der Waals surface area contributed by atoms with E-state index in [1.807, 2.05) is 6.92 Å². The van der Waals surface area contributed by atoms with E-state index in [2.05, 4.69) is 12.2 Å². The van der Waals surface area contributed by atoms with Gasteiger partial charge in [0.15, 0.2) is 0 Å². The monoisotopic (exact) mass is 243 g/mol. The lowest BCUT2D eigenvalue weighted by molar-refractivity contribution is -0.156. The topological polar surface area (TPSA) is 39.7 Å². The highest BCUT2D eigenvalue weighted by atomic mass is 16.6. The van der Waals surface area contributed by atoms with Crippen LogP contribution in [0.1, 0.15) is 33.1 Å². The quantitative estimate of drug-likeness (QED) is 0.732. The molecule has 0 aromatic rings. The van der Waals surface area contributed by atoms with Crippen molar-refractivity contribution < 1.29 is 14.2 Å². The minimum Gasteiger partial charge on any atom is -0.376 e. The number of hydrogen-bond acceptors (Lipinski definition) is 4. The molecular weight excluding hydrogens is 218 g/mol. The summed E-state index contributed by atoms with van der Waals surface area (Å²) in [5.74, 6) is 0. The van der Waals surface area contributed by atoms with Gasteiger partial charge in [0.2, 0.25) is 0 Å². The molecule has 100 valence electrons. The highest BCUT2D eigenvalue weighted by Crippen LogP contribution is 2.28. The first-order chi connectivity index (χ1) is 8.35. The van der Waals surface area contributed by atoms with Crippen LogP contribution < -0.4 is 5.32 Å². The van der Waals surface area contributed by atoms with E-state index >= 15 is 0 Å². The summed E-state index contributed by atoms with van der Waals surface area (Å²) < 4.78 is 17.2. The third kappa shape index (κ3) is 3.41. The maximum absolute atomic E-state index is 5.91. The van der Waals surface area contributed by atoms with E-state index in [1.165, 1.54) is 6.42 Å². The molecule has 2 fully saturated rings. The van der Waals surface area contributed by atoms with Gasteiger partial charge in [-0.15, -0.1) is 0 Å². The molecule has 0 aromatic carbocycles. The van der Waals surface area contributed by atoms with E-state index in [-0.39, 0.29) is 12.2 Å². The lowest BCUT2D eigenvalue weighted by Gasteiger charge is -2.44. The van der Waals surface area contributed by atoms with Gasteiger partial charge in [0.25, 0.3) is 0 Å². The Balaban J connectivity index is 1.69. The zero-order valence-corrected chi connectivity index (χ0v) is 11.0. The third-order valence-electron chi connectivity index (χ3n) is 3.59. The molecule has 1 N–H and O–H groups in total. The van der Waals surface area contributed by atoms with Crippen LogP contribution in [-0.4, -0.2) is 50.7 Å². The molecule has 0 amide bonds. The fourth-order valence-corrected chi connectivity index (χ4v) is 2.63. The van der Waals surface area contributed by atoms with Gasteiger partial charge in [0, 0.05) is 19.3 Å². The molecule has 0 radical (unpaired) electrons. The zero-order valence-electron chi connectivity index (χ0n) is 11.0. The maximum Gasteiger partial charge on any atom is 0.0990 e. The van der Waals surface area contributed by atoms with Crippen LogP contribution in [0, 0.1) is 0 Å². The largest absolute Gasteiger partial charge is 0.376 e. The fourth-order valence-electron chi connectivity index (χ4n) is 2.63. The first-order valence-electron chi connectivity index (χ1n) is 6.93. The predicted octanol–water partition coefficient (Wildman–Crippen LogP) is 1.34. The second-order valence-corrected chi connectivity index (χ2v) is 4.83.